The van der Waals surface area contributed by atoms with Crippen molar-refractivity contribution in [3.63, 3.8) is 0 Å². The van der Waals surface area contributed by atoms with Gasteiger partial charge < -0.3 is 14.8 Å². The molecule has 106 valence electrons. The van der Waals surface area contributed by atoms with Crippen molar-refractivity contribution >= 4 is 17.7 Å². The van der Waals surface area contributed by atoms with E-state index in [-0.39, 0.29) is 12.5 Å². The summed E-state index contributed by atoms with van der Waals surface area (Å²) in [6.45, 7) is 1.82. The Hall–Kier alpha value is -0.940. The van der Waals surface area contributed by atoms with Crippen LogP contribution in [-0.4, -0.2) is 29.1 Å². The van der Waals surface area contributed by atoms with Crippen molar-refractivity contribution < 1.29 is 14.3 Å². The standard InChI is InChI=1S/C14H21NO3S/c1-14(17,12-3-2-6-18-12)10-15-13(16)9-11-4-7-19-8-5-11/h2-3,6,11,17H,4-5,7-10H2,1H3,(H,15,16). The van der Waals surface area contributed by atoms with Gasteiger partial charge in [0.2, 0.25) is 5.91 Å². The van der Waals surface area contributed by atoms with E-state index >= 15 is 0 Å². The third-order valence-electron chi connectivity index (χ3n) is 3.50. The molecule has 2 heterocycles. The average molecular weight is 283 g/mol. The Kier molecular flexibility index (Phi) is 4.93. The fraction of sp³-hybridized carbons (Fsp3) is 0.643. The van der Waals surface area contributed by atoms with Gasteiger partial charge in [0.05, 0.1) is 12.8 Å². The molecule has 1 saturated heterocycles. The van der Waals surface area contributed by atoms with Gasteiger partial charge in [-0.25, -0.2) is 0 Å². The van der Waals surface area contributed by atoms with Crippen molar-refractivity contribution in [3.05, 3.63) is 24.2 Å². The second-order valence-corrected chi connectivity index (χ2v) is 6.51. The van der Waals surface area contributed by atoms with Gasteiger partial charge in [0, 0.05) is 6.42 Å². The Morgan fingerprint density at radius 3 is 2.95 bits per heavy atom. The number of carbonyl (C=O) groups is 1. The van der Waals surface area contributed by atoms with E-state index in [1.807, 2.05) is 11.8 Å². The fourth-order valence-corrected chi connectivity index (χ4v) is 3.43. The summed E-state index contributed by atoms with van der Waals surface area (Å²) in [6, 6.07) is 3.44. The Balaban J connectivity index is 1.76. The predicted molar refractivity (Wildman–Crippen MR) is 76.0 cm³/mol. The first-order valence-corrected chi connectivity index (χ1v) is 7.84. The van der Waals surface area contributed by atoms with Gasteiger partial charge in [0.15, 0.2) is 0 Å². The minimum absolute atomic E-state index is 0.0173. The molecule has 0 saturated carbocycles. The van der Waals surface area contributed by atoms with Gasteiger partial charge in [0.1, 0.15) is 11.4 Å². The minimum atomic E-state index is -1.15. The normalized spacial score (nSPS) is 19.9. The van der Waals surface area contributed by atoms with E-state index in [2.05, 4.69) is 5.32 Å². The summed E-state index contributed by atoms with van der Waals surface area (Å²) in [6.07, 6.45) is 4.32. The lowest BCUT2D eigenvalue weighted by Crippen LogP contribution is -2.39. The van der Waals surface area contributed by atoms with Crippen molar-refractivity contribution in [1.82, 2.24) is 5.32 Å². The highest BCUT2D eigenvalue weighted by Gasteiger charge is 2.27. The van der Waals surface area contributed by atoms with Crippen LogP contribution in [0.15, 0.2) is 22.8 Å². The van der Waals surface area contributed by atoms with Crippen LogP contribution in [0.5, 0.6) is 0 Å². The van der Waals surface area contributed by atoms with Crippen LogP contribution in [0.3, 0.4) is 0 Å². The van der Waals surface area contributed by atoms with Crippen molar-refractivity contribution in [2.24, 2.45) is 5.92 Å². The summed E-state index contributed by atoms with van der Waals surface area (Å²) in [7, 11) is 0. The number of hydrogen-bond donors (Lipinski definition) is 2. The van der Waals surface area contributed by atoms with Crippen LogP contribution in [0.4, 0.5) is 0 Å². The van der Waals surface area contributed by atoms with Crippen LogP contribution in [0.2, 0.25) is 0 Å². The molecule has 1 fully saturated rings. The first-order valence-electron chi connectivity index (χ1n) is 6.69. The first-order chi connectivity index (χ1) is 9.08. The van der Waals surface area contributed by atoms with E-state index in [0.717, 1.165) is 24.3 Å². The van der Waals surface area contributed by atoms with Crippen molar-refractivity contribution in [3.8, 4) is 0 Å². The van der Waals surface area contributed by atoms with Gasteiger partial charge >= 0.3 is 0 Å². The molecule has 0 radical (unpaired) electrons. The van der Waals surface area contributed by atoms with E-state index in [0.29, 0.717) is 18.1 Å². The Morgan fingerprint density at radius 1 is 1.58 bits per heavy atom. The van der Waals surface area contributed by atoms with E-state index in [4.69, 9.17) is 4.42 Å². The molecular formula is C14H21NO3S. The van der Waals surface area contributed by atoms with Gasteiger partial charge in [-0.2, -0.15) is 11.8 Å². The molecule has 1 amide bonds. The molecule has 1 aliphatic rings. The third kappa shape index (κ3) is 4.28. The molecule has 0 spiro atoms. The zero-order chi connectivity index (χ0) is 13.7. The van der Waals surface area contributed by atoms with Crippen molar-refractivity contribution in [2.75, 3.05) is 18.1 Å². The van der Waals surface area contributed by atoms with E-state index in [9.17, 15) is 9.90 Å². The summed E-state index contributed by atoms with van der Waals surface area (Å²) < 4.78 is 5.18. The number of carbonyl (C=O) groups excluding carboxylic acids is 1. The molecule has 1 aromatic heterocycles. The molecule has 5 heteroatoms. The molecule has 0 aliphatic carbocycles. The lowest BCUT2D eigenvalue weighted by molar-refractivity contribution is -0.123. The third-order valence-corrected chi connectivity index (χ3v) is 4.55. The maximum Gasteiger partial charge on any atom is 0.220 e. The van der Waals surface area contributed by atoms with Crippen molar-refractivity contribution in [2.45, 2.75) is 31.8 Å². The quantitative estimate of drug-likeness (QED) is 0.869. The van der Waals surface area contributed by atoms with Gasteiger partial charge in [-0.05, 0) is 49.3 Å². The molecule has 4 nitrogen and oxygen atoms in total. The van der Waals surface area contributed by atoms with E-state index in [1.54, 1.807) is 19.1 Å². The molecule has 2 N–H and O–H groups in total. The molecule has 1 aliphatic heterocycles. The van der Waals surface area contributed by atoms with Crippen LogP contribution in [0, 0.1) is 5.92 Å². The molecule has 0 bridgehead atoms. The molecule has 1 atom stereocenters. The second kappa shape index (κ2) is 6.48. The van der Waals surface area contributed by atoms with Gasteiger partial charge in [0.25, 0.3) is 0 Å². The molecule has 2 rings (SSSR count). The lowest BCUT2D eigenvalue weighted by atomic mass is 9.98. The summed E-state index contributed by atoms with van der Waals surface area (Å²) in [5.74, 6) is 3.30. The Labute approximate surface area is 117 Å². The largest absolute Gasteiger partial charge is 0.466 e. The number of amides is 1. The van der Waals surface area contributed by atoms with Gasteiger partial charge in [-0.3, -0.25) is 4.79 Å². The number of aliphatic hydroxyl groups is 1. The number of thioether (sulfide) groups is 1. The monoisotopic (exact) mass is 283 g/mol. The minimum Gasteiger partial charge on any atom is -0.466 e. The number of rotatable bonds is 5. The summed E-state index contributed by atoms with van der Waals surface area (Å²) in [5, 5.41) is 13.0. The molecule has 19 heavy (non-hydrogen) atoms. The molecular weight excluding hydrogens is 262 g/mol. The second-order valence-electron chi connectivity index (χ2n) is 5.29. The highest BCUT2D eigenvalue weighted by molar-refractivity contribution is 7.99. The van der Waals surface area contributed by atoms with Crippen LogP contribution in [0.1, 0.15) is 31.9 Å². The molecule has 1 aromatic rings. The van der Waals surface area contributed by atoms with Crippen LogP contribution < -0.4 is 5.32 Å². The Morgan fingerprint density at radius 2 is 2.32 bits per heavy atom. The predicted octanol–water partition coefficient (Wildman–Crippen LogP) is 2.14. The average Bonchev–Trinajstić information content (AvgIpc) is 2.92. The molecule has 1 unspecified atom stereocenters. The maximum absolute atomic E-state index is 11.9. The van der Waals surface area contributed by atoms with Crippen LogP contribution in [0.25, 0.3) is 0 Å². The highest BCUT2D eigenvalue weighted by atomic mass is 32.2. The molecule has 0 aromatic carbocycles. The Bertz CT molecular complexity index is 397. The zero-order valence-electron chi connectivity index (χ0n) is 11.2. The SMILES string of the molecule is CC(O)(CNC(=O)CC1CCSCC1)c1ccco1. The van der Waals surface area contributed by atoms with Gasteiger partial charge in [-0.1, -0.05) is 0 Å². The van der Waals surface area contributed by atoms with E-state index in [1.165, 1.54) is 6.26 Å². The number of hydrogen-bond acceptors (Lipinski definition) is 4. The van der Waals surface area contributed by atoms with Crippen LogP contribution >= 0.6 is 11.8 Å². The zero-order valence-corrected chi connectivity index (χ0v) is 12.0. The lowest BCUT2D eigenvalue weighted by Gasteiger charge is -2.23. The summed E-state index contributed by atoms with van der Waals surface area (Å²) in [4.78, 5) is 11.9. The topological polar surface area (TPSA) is 62.5 Å². The number of nitrogens with one attached hydrogen (secondary N) is 1. The summed E-state index contributed by atoms with van der Waals surface area (Å²) in [5.41, 5.74) is -1.15. The fourth-order valence-electron chi connectivity index (χ4n) is 2.23. The number of furan rings is 1. The van der Waals surface area contributed by atoms with Gasteiger partial charge in [-0.15, -0.1) is 0 Å². The maximum atomic E-state index is 11.9. The smallest absolute Gasteiger partial charge is 0.220 e. The van der Waals surface area contributed by atoms with Crippen molar-refractivity contribution in [1.29, 1.82) is 0 Å². The first kappa shape index (κ1) is 14.5. The van der Waals surface area contributed by atoms with Crippen LogP contribution in [-0.2, 0) is 10.4 Å². The van der Waals surface area contributed by atoms with E-state index < -0.39 is 5.60 Å². The summed E-state index contributed by atoms with van der Waals surface area (Å²) >= 11 is 1.96. The highest BCUT2D eigenvalue weighted by Crippen LogP contribution is 2.25.